The molecular formula is C22H29ClN2O3. The summed E-state index contributed by atoms with van der Waals surface area (Å²) in [5.41, 5.74) is 1.90. The van der Waals surface area contributed by atoms with Crippen molar-refractivity contribution in [1.29, 1.82) is 0 Å². The number of carbonyl (C=O) groups is 1. The standard InChI is InChI=1S/C22H29ClN2O3/c1-15-10-19(12-22(2,3)21(26)27)24-25(15)13-17-11-18(23)8-9-20(17)28-14-16-6-4-5-7-16/h8-11,16H,4-7,12-14H2,1-3H3,(H,26,27). The predicted octanol–water partition coefficient (Wildman–Crippen LogP) is 5.12. The highest BCUT2D eigenvalue weighted by molar-refractivity contribution is 6.30. The maximum absolute atomic E-state index is 11.4. The van der Waals surface area contributed by atoms with Crippen molar-refractivity contribution >= 4 is 17.6 Å². The Kier molecular flexibility index (Phi) is 6.33. The third kappa shape index (κ3) is 5.07. The average Bonchev–Trinajstić information content (AvgIpc) is 3.24. The van der Waals surface area contributed by atoms with E-state index in [0.717, 1.165) is 29.3 Å². The van der Waals surface area contributed by atoms with E-state index in [0.29, 0.717) is 23.9 Å². The van der Waals surface area contributed by atoms with Gasteiger partial charge >= 0.3 is 5.97 Å². The van der Waals surface area contributed by atoms with E-state index in [1.807, 2.05) is 35.9 Å². The second kappa shape index (κ2) is 8.56. The summed E-state index contributed by atoms with van der Waals surface area (Å²) in [5.74, 6) is 0.663. The Morgan fingerprint density at radius 1 is 1.32 bits per heavy atom. The van der Waals surface area contributed by atoms with Crippen LogP contribution in [-0.4, -0.2) is 27.5 Å². The number of ether oxygens (including phenoxy) is 1. The molecule has 0 saturated heterocycles. The lowest BCUT2D eigenvalue weighted by Gasteiger charge is -2.17. The van der Waals surface area contributed by atoms with Crippen LogP contribution in [0.5, 0.6) is 5.75 Å². The van der Waals surface area contributed by atoms with Gasteiger partial charge in [-0.15, -0.1) is 0 Å². The predicted molar refractivity (Wildman–Crippen MR) is 110 cm³/mol. The topological polar surface area (TPSA) is 64.3 Å². The van der Waals surface area contributed by atoms with Gasteiger partial charge in [0.05, 0.1) is 24.3 Å². The highest BCUT2D eigenvalue weighted by Crippen LogP contribution is 2.29. The molecule has 1 aliphatic rings. The van der Waals surface area contributed by atoms with Crippen LogP contribution in [0.15, 0.2) is 24.3 Å². The molecule has 1 fully saturated rings. The zero-order chi connectivity index (χ0) is 20.3. The van der Waals surface area contributed by atoms with Crippen molar-refractivity contribution < 1.29 is 14.6 Å². The minimum Gasteiger partial charge on any atom is -0.493 e. The number of nitrogens with zero attached hydrogens (tertiary/aromatic N) is 2. The molecule has 0 unspecified atom stereocenters. The highest BCUT2D eigenvalue weighted by atomic mass is 35.5. The largest absolute Gasteiger partial charge is 0.493 e. The van der Waals surface area contributed by atoms with Crippen LogP contribution >= 0.6 is 11.6 Å². The van der Waals surface area contributed by atoms with Gasteiger partial charge in [0.1, 0.15) is 5.75 Å². The van der Waals surface area contributed by atoms with Crippen LogP contribution in [0.1, 0.15) is 56.5 Å². The van der Waals surface area contributed by atoms with Gasteiger partial charge < -0.3 is 9.84 Å². The molecule has 28 heavy (non-hydrogen) atoms. The van der Waals surface area contributed by atoms with E-state index in [9.17, 15) is 9.90 Å². The van der Waals surface area contributed by atoms with Crippen LogP contribution in [-0.2, 0) is 17.8 Å². The van der Waals surface area contributed by atoms with Crippen molar-refractivity contribution in [2.45, 2.75) is 59.4 Å². The highest BCUT2D eigenvalue weighted by Gasteiger charge is 2.28. The molecule has 1 aromatic heterocycles. The van der Waals surface area contributed by atoms with E-state index in [2.05, 4.69) is 5.10 Å². The second-order valence-electron chi connectivity index (χ2n) is 8.51. The van der Waals surface area contributed by atoms with E-state index in [-0.39, 0.29) is 0 Å². The third-order valence-electron chi connectivity index (χ3n) is 5.53. The van der Waals surface area contributed by atoms with E-state index in [1.165, 1.54) is 25.7 Å². The minimum absolute atomic E-state index is 0.386. The number of aryl methyl sites for hydroxylation is 1. The molecule has 0 bridgehead atoms. The number of aromatic nitrogens is 2. The van der Waals surface area contributed by atoms with Gasteiger partial charge in [0.25, 0.3) is 0 Å². The summed E-state index contributed by atoms with van der Waals surface area (Å²) in [4.78, 5) is 11.4. The van der Waals surface area contributed by atoms with E-state index in [4.69, 9.17) is 16.3 Å². The summed E-state index contributed by atoms with van der Waals surface area (Å²) in [6.07, 6.45) is 5.46. The fourth-order valence-electron chi connectivity index (χ4n) is 3.71. The quantitative estimate of drug-likeness (QED) is 0.663. The lowest BCUT2D eigenvalue weighted by molar-refractivity contribution is -0.146. The Morgan fingerprint density at radius 3 is 2.71 bits per heavy atom. The van der Waals surface area contributed by atoms with Crippen LogP contribution < -0.4 is 4.74 Å². The van der Waals surface area contributed by atoms with E-state index < -0.39 is 11.4 Å². The lowest BCUT2D eigenvalue weighted by atomic mass is 9.88. The average molecular weight is 405 g/mol. The van der Waals surface area contributed by atoms with Crippen LogP contribution in [0.2, 0.25) is 5.02 Å². The second-order valence-corrected chi connectivity index (χ2v) is 8.95. The zero-order valence-electron chi connectivity index (χ0n) is 16.9. The van der Waals surface area contributed by atoms with Gasteiger partial charge in [0.15, 0.2) is 0 Å². The van der Waals surface area contributed by atoms with Gasteiger partial charge in [-0.25, -0.2) is 0 Å². The maximum atomic E-state index is 11.4. The Balaban J connectivity index is 1.75. The summed E-state index contributed by atoms with van der Waals surface area (Å²) in [6.45, 7) is 6.70. The summed E-state index contributed by atoms with van der Waals surface area (Å²) < 4.78 is 8.02. The molecule has 2 aromatic rings. The first-order valence-corrected chi connectivity index (χ1v) is 10.3. The molecule has 3 rings (SSSR count). The van der Waals surface area contributed by atoms with Crippen LogP contribution in [0.4, 0.5) is 0 Å². The van der Waals surface area contributed by atoms with Gasteiger partial charge in [-0.2, -0.15) is 5.10 Å². The molecule has 1 aliphatic carbocycles. The number of hydrogen-bond donors (Lipinski definition) is 1. The Hall–Kier alpha value is -2.01. The van der Waals surface area contributed by atoms with Crippen LogP contribution in [0, 0.1) is 18.3 Å². The SMILES string of the molecule is Cc1cc(CC(C)(C)C(=O)O)nn1Cc1cc(Cl)ccc1OCC1CCCC1. The molecule has 0 spiro atoms. The number of carboxylic acids is 1. The van der Waals surface area contributed by atoms with Gasteiger partial charge in [0, 0.05) is 22.7 Å². The molecule has 5 nitrogen and oxygen atoms in total. The molecule has 0 aliphatic heterocycles. The van der Waals surface area contributed by atoms with Crippen molar-refractivity contribution in [2.75, 3.05) is 6.61 Å². The van der Waals surface area contributed by atoms with Crippen LogP contribution in [0.25, 0.3) is 0 Å². The van der Waals surface area contributed by atoms with Crippen molar-refractivity contribution in [3.05, 3.63) is 46.2 Å². The summed E-state index contributed by atoms with van der Waals surface area (Å²) in [7, 11) is 0. The molecule has 1 aromatic carbocycles. The van der Waals surface area contributed by atoms with Crippen molar-refractivity contribution in [1.82, 2.24) is 9.78 Å². The molecule has 0 amide bonds. The summed E-state index contributed by atoms with van der Waals surface area (Å²) in [6, 6.07) is 7.66. The zero-order valence-corrected chi connectivity index (χ0v) is 17.6. The van der Waals surface area contributed by atoms with Gasteiger partial charge in [-0.05, 0) is 63.8 Å². The van der Waals surface area contributed by atoms with Crippen LogP contribution in [0.3, 0.4) is 0 Å². The van der Waals surface area contributed by atoms with E-state index in [1.54, 1.807) is 13.8 Å². The van der Waals surface area contributed by atoms with E-state index >= 15 is 0 Å². The number of benzene rings is 1. The van der Waals surface area contributed by atoms with Crippen molar-refractivity contribution in [3.63, 3.8) is 0 Å². The molecule has 1 heterocycles. The Bertz CT molecular complexity index is 838. The molecule has 0 radical (unpaired) electrons. The van der Waals surface area contributed by atoms with Crippen molar-refractivity contribution in [3.8, 4) is 5.75 Å². The molecule has 6 heteroatoms. The Labute approximate surface area is 171 Å². The number of hydrogen-bond acceptors (Lipinski definition) is 3. The van der Waals surface area contributed by atoms with Gasteiger partial charge in [-0.1, -0.05) is 24.4 Å². The monoisotopic (exact) mass is 404 g/mol. The first-order valence-electron chi connectivity index (χ1n) is 9.92. The smallest absolute Gasteiger partial charge is 0.309 e. The molecule has 1 saturated carbocycles. The van der Waals surface area contributed by atoms with Crippen molar-refractivity contribution in [2.24, 2.45) is 11.3 Å². The number of aliphatic carboxylic acids is 1. The summed E-state index contributed by atoms with van der Waals surface area (Å²) >= 11 is 6.23. The fraction of sp³-hybridized carbons (Fsp3) is 0.545. The number of rotatable bonds is 8. The molecule has 152 valence electrons. The molecule has 0 atom stereocenters. The Morgan fingerprint density at radius 2 is 2.04 bits per heavy atom. The van der Waals surface area contributed by atoms with Gasteiger partial charge in [0.2, 0.25) is 0 Å². The molecular weight excluding hydrogens is 376 g/mol. The normalized spacial score (nSPS) is 15.1. The first kappa shape index (κ1) is 20.7. The fourth-order valence-corrected chi connectivity index (χ4v) is 3.91. The maximum Gasteiger partial charge on any atom is 0.309 e. The third-order valence-corrected chi connectivity index (χ3v) is 5.76. The number of carboxylic acid groups (broad SMARTS) is 1. The summed E-state index contributed by atoms with van der Waals surface area (Å²) in [5, 5.41) is 14.7. The minimum atomic E-state index is -0.850. The lowest BCUT2D eigenvalue weighted by Crippen LogP contribution is -2.26. The molecule has 1 N–H and O–H groups in total. The van der Waals surface area contributed by atoms with Gasteiger partial charge in [-0.3, -0.25) is 9.48 Å². The first-order chi connectivity index (χ1) is 13.2. The number of halogens is 1.